The van der Waals surface area contributed by atoms with Gasteiger partial charge in [0.1, 0.15) is 0 Å². The highest BCUT2D eigenvalue weighted by Gasteiger charge is 2.27. The van der Waals surface area contributed by atoms with Gasteiger partial charge in [0.05, 0.1) is 0 Å². The molecule has 3 unspecified atom stereocenters. The monoisotopic (exact) mass is 277 g/mol. The van der Waals surface area contributed by atoms with Gasteiger partial charge in [-0.15, -0.1) is 0 Å². The molecule has 0 saturated carbocycles. The molecule has 2 aliphatic rings. The van der Waals surface area contributed by atoms with Crippen LogP contribution < -0.4 is 0 Å². The first-order chi connectivity index (χ1) is 10.3. The normalized spacial score (nSPS) is 24.6. The molecule has 0 bridgehead atoms. The minimum Gasteiger partial charge on any atom is -0.0909 e. The molecule has 0 fully saturated rings. The molecule has 0 spiro atoms. The van der Waals surface area contributed by atoms with E-state index in [4.69, 9.17) is 5.53 Å². The van der Waals surface area contributed by atoms with Gasteiger partial charge in [-0.25, -0.2) is 0 Å². The lowest BCUT2D eigenvalue weighted by Crippen LogP contribution is -2.10. The Morgan fingerprint density at radius 3 is 2.81 bits per heavy atom. The Morgan fingerprint density at radius 2 is 2.05 bits per heavy atom. The van der Waals surface area contributed by atoms with Crippen molar-refractivity contribution < 1.29 is 0 Å². The maximum atomic E-state index is 8.55. The van der Waals surface area contributed by atoms with Gasteiger partial charge >= 0.3 is 0 Å². The van der Waals surface area contributed by atoms with E-state index in [0.29, 0.717) is 11.8 Å². The second-order valence-corrected chi connectivity index (χ2v) is 5.77. The molecule has 3 atom stereocenters. The summed E-state index contributed by atoms with van der Waals surface area (Å²) in [5.41, 5.74) is 12.8. The van der Waals surface area contributed by atoms with Crippen molar-refractivity contribution in [3.8, 4) is 0 Å². The molecule has 21 heavy (non-hydrogen) atoms. The van der Waals surface area contributed by atoms with Crippen molar-refractivity contribution in [3.05, 3.63) is 81.8 Å². The van der Waals surface area contributed by atoms with Crippen molar-refractivity contribution in [1.82, 2.24) is 0 Å². The van der Waals surface area contributed by atoms with Gasteiger partial charge in [-0.2, -0.15) is 0 Å². The van der Waals surface area contributed by atoms with Gasteiger partial charge in [0.2, 0.25) is 0 Å². The molecule has 1 aromatic carbocycles. The Morgan fingerprint density at radius 1 is 1.24 bits per heavy atom. The van der Waals surface area contributed by atoms with Gasteiger partial charge < -0.3 is 0 Å². The predicted molar refractivity (Wildman–Crippen MR) is 85.8 cm³/mol. The summed E-state index contributed by atoms with van der Waals surface area (Å²) in [6.07, 6.45) is 11.0. The third-order valence-electron chi connectivity index (χ3n) is 4.33. The SMILES string of the molecule is CC(CC1C=CC2=C1C=CCC2c1ccccc1)N=[N+]=[N-]. The van der Waals surface area contributed by atoms with Crippen LogP contribution in [0.15, 0.2) is 70.9 Å². The third kappa shape index (κ3) is 2.79. The molecule has 3 nitrogen and oxygen atoms in total. The molecular formula is C18H19N3. The zero-order valence-electron chi connectivity index (χ0n) is 12.2. The highest BCUT2D eigenvalue weighted by Crippen LogP contribution is 2.42. The summed E-state index contributed by atoms with van der Waals surface area (Å²) in [5.74, 6) is 0.838. The highest BCUT2D eigenvalue weighted by atomic mass is 15.1. The summed E-state index contributed by atoms with van der Waals surface area (Å²) in [4.78, 5) is 2.91. The third-order valence-corrected chi connectivity index (χ3v) is 4.33. The van der Waals surface area contributed by atoms with Crippen molar-refractivity contribution >= 4 is 0 Å². The number of rotatable bonds is 4. The zero-order valence-corrected chi connectivity index (χ0v) is 12.2. The van der Waals surface area contributed by atoms with Crippen LogP contribution in [0.2, 0.25) is 0 Å². The Labute approximate surface area is 125 Å². The van der Waals surface area contributed by atoms with Crippen LogP contribution in [0.5, 0.6) is 0 Å². The number of allylic oxidation sites excluding steroid dienone is 6. The Kier molecular flexibility index (Phi) is 3.94. The van der Waals surface area contributed by atoms with E-state index in [-0.39, 0.29) is 6.04 Å². The summed E-state index contributed by atoms with van der Waals surface area (Å²) >= 11 is 0. The van der Waals surface area contributed by atoms with Crippen LogP contribution in [0.4, 0.5) is 0 Å². The molecule has 0 aliphatic heterocycles. The van der Waals surface area contributed by atoms with Gasteiger partial charge in [0.15, 0.2) is 0 Å². The zero-order chi connectivity index (χ0) is 14.7. The molecule has 3 heteroatoms. The minimum absolute atomic E-state index is 0.0296. The van der Waals surface area contributed by atoms with E-state index in [9.17, 15) is 0 Å². The molecule has 0 radical (unpaired) electrons. The fourth-order valence-corrected chi connectivity index (χ4v) is 3.34. The summed E-state index contributed by atoms with van der Waals surface area (Å²) in [6.45, 7) is 1.98. The second-order valence-electron chi connectivity index (χ2n) is 5.77. The first-order valence-electron chi connectivity index (χ1n) is 7.47. The summed E-state index contributed by atoms with van der Waals surface area (Å²) in [7, 11) is 0. The average Bonchev–Trinajstić information content (AvgIpc) is 2.91. The number of hydrogen-bond donors (Lipinski definition) is 0. The maximum absolute atomic E-state index is 8.55. The van der Waals surface area contributed by atoms with Gasteiger partial charge in [-0.05, 0) is 35.1 Å². The first kappa shape index (κ1) is 13.7. The molecule has 2 aliphatic carbocycles. The van der Waals surface area contributed by atoms with E-state index < -0.39 is 0 Å². The Bertz CT molecular complexity index is 648. The molecule has 0 N–H and O–H groups in total. The van der Waals surface area contributed by atoms with Gasteiger partial charge in [-0.3, -0.25) is 0 Å². The molecule has 3 rings (SSSR count). The van der Waals surface area contributed by atoms with Crippen LogP contribution in [0, 0.1) is 5.92 Å². The molecule has 0 saturated heterocycles. The van der Waals surface area contributed by atoms with E-state index in [2.05, 4.69) is 64.7 Å². The largest absolute Gasteiger partial charge is 0.0909 e. The van der Waals surface area contributed by atoms with E-state index in [1.165, 1.54) is 16.7 Å². The van der Waals surface area contributed by atoms with Crippen molar-refractivity contribution in [2.75, 3.05) is 0 Å². The molecular weight excluding hydrogens is 258 g/mol. The molecule has 1 aromatic rings. The number of hydrogen-bond acceptors (Lipinski definition) is 1. The van der Waals surface area contributed by atoms with Crippen molar-refractivity contribution in [2.24, 2.45) is 11.0 Å². The van der Waals surface area contributed by atoms with E-state index in [1.807, 2.05) is 6.92 Å². The smallest absolute Gasteiger partial charge is 0.0354 e. The van der Waals surface area contributed by atoms with Crippen molar-refractivity contribution in [1.29, 1.82) is 0 Å². The van der Waals surface area contributed by atoms with Crippen LogP contribution in [-0.4, -0.2) is 6.04 Å². The summed E-state index contributed by atoms with van der Waals surface area (Å²) < 4.78 is 0. The van der Waals surface area contributed by atoms with Crippen molar-refractivity contribution in [3.63, 3.8) is 0 Å². The summed E-state index contributed by atoms with van der Waals surface area (Å²) in [5, 5.41) is 3.80. The predicted octanol–water partition coefficient (Wildman–Crippen LogP) is 5.30. The maximum Gasteiger partial charge on any atom is 0.0354 e. The quantitative estimate of drug-likeness (QED) is 0.407. The fourth-order valence-electron chi connectivity index (χ4n) is 3.34. The lowest BCUT2D eigenvalue weighted by Gasteiger charge is -2.24. The van der Waals surface area contributed by atoms with Gasteiger partial charge in [0, 0.05) is 22.8 Å². The average molecular weight is 277 g/mol. The van der Waals surface area contributed by atoms with Crippen LogP contribution in [-0.2, 0) is 0 Å². The van der Waals surface area contributed by atoms with E-state index >= 15 is 0 Å². The summed E-state index contributed by atoms with van der Waals surface area (Å²) in [6, 6.07) is 10.7. The molecule has 0 heterocycles. The minimum atomic E-state index is 0.0296. The fraction of sp³-hybridized carbons (Fsp3) is 0.333. The van der Waals surface area contributed by atoms with Gasteiger partial charge in [0.25, 0.3) is 0 Å². The van der Waals surface area contributed by atoms with E-state index in [0.717, 1.165) is 12.8 Å². The Hall–Kier alpha value is -2.25. The van der Waals surface area contributed by atoms with E-state index in [1.54, 1.807) is 0 Å². The first-order valence-corrected chi connectivity index (χ1v) is 7.47. The number of nitrogens with zero attached hydrogens (tertiary/aromatic N) is 3. The lowest BCUT2D eigenvalue weighted by atomic mass is 9.81. The van der Waals surface area contributed by atoms with Crippen LogP contribution >= 0.6 is 0 Å². The molecule has 0 aromatic heterocycles. The van der Waals surface area contributed by atoms with Gasteiger partial charge in [-0.1, -0.05) is 66.7 Å². The molecule has 0 amide bonds. The number of azide groups is 1. The topological polar surface area (TPSA) is 48.8 Å². The van der Waals surface area contributed by atoms with Crippen LogP contribution in [0.25, 0.3) is 10.4 Å². The number of benzene rings is 1. The highest BCUT2D eigenvalue weighted by molar-refractivity contribution is 5.51. The molecule has 106 valence electrons. The second kappa shape index (κ2) is 6.02. The lowest BCUT2D eigenvalue weighted by molar-refractivity contribution is 0.584. The standard InChI is InChI=1S/C18H19N3/c1-13(20-21-19)12-15-10-11-18-16(8-5-9-17(15)18)14-6-3-2-4-7-14/h2-7,9-11,13,15-16H,8,12H2,1H3. The van der Waals surface area contributed by atoms with Crippen LogP contribution in [0.3, 0.4) is 0 Å². The Balaban J connectivity index is 1.85. The van der Waals surface area contributed by atoms with Crippen LogP contribution in [0.1, 0.15) is 31.2 Å². The van der Waals surface area contributed by atoms with Crippen molar-refractivity contribution in [2.45, 2.75) is 31.7 Å².